The van der Waals surface area contributed by atoms with Crippen LogP contribution in [0.2, 0.25) is 5.02 Å². The number of hydrazone groups is 1. The van der Waals surface area contributed by atoms with Gasteiger partial charge in [0.15, 0.2) is 0 Å². The monoisotopic (exact) mass is 508 g/mol. The number of hydrogen-bond donors (Lipinski definition) is 1. The fourth-order valence-electron chi connectivity index (χ4n) is 4.09. The van der Waals surface area contributed by atoms with Crippen LogP contribution >= 0.6 is 11.6 Å². The fraction of sp³-hybridized carbons (Fsp3) is 0.0968. The van der Waals surface area contributed by atoms with Crippen LogP contribution in [0.3, 0.4) is 0 Å². The number of fused-ring (bicyclic) bond motifs is 1. The molecule has 0 aliphatic heterocycles. The van der Waals surface area contributed by atoms with Crippen LogP contribution in [0, 0.1) is 6.92 Å². The van der Waals surface area contributed by atoms with Crippen molar-refractivity contribution in [1.82, 2.24) is 0 Å². The van der Waals surface area contributed by atoms with E-state index in [2.05, 4.69) is 10.5 Å². The zero-order valence-corrected chi connectivity index (χ0v) is 21.0. The molecule has 0 fully saturated rings. The van der Waals surface area contributed by atoms with Crippen molar-refractivity contribution in [3.63, 3.8) is 0 Å². The SMILES string of the molecule is Cc1c(Cc2ccccc2)c(=O)oc2cc(OC/C(=N/Nc3ccc(Cl)cc3)c3ccccc3)ccc12. The molecular formula is C31H25ClN2O3. The van der Waals surface area contributed by atoms with Gasteiger partial charge in [-0.25, -0.2) is 4.79 Å². The van der Waals surface area contributed by atoms with Gasteiger partial charge in [-0.05, 0) is 54.4 Å². The van der Waals surface area contributed by atoms with E-state index >= 15 is 0 Å². The van der Waals surface area contributed by atoms with Crippen LogP contribution in [-0.2, 0) is 6.42 Å². The van der Waals surface area contributed by atoms with E-state index in [1.54, 1.807) is 18.2 Å². The molecule has 0 bridgehead atoms. The van der Waals surface area contributed by atoms with Gasteiger partial charge in [0.1, 0.15) is 23.7 Å². The summed E-state index contributed by atoms with van der Waals surface area (Å²) in [5.41, 5.74) is 8.34. The van der Waals surface area contributed by atoms with E-state index in [-0.39, 0.29) is 12.2 Å². The minimum Gasteiger partial charge on any atom is -0.487 e. The Hall–Kier alpha value is -4.35. The summed E-state index contributed by atoms with van der Waals surface area (Å²) in [5.74, 6) is 0.584. The lowest BCUT2D eigenvalue weighted by molar-refractivity contribution is 0.376. The van der Waals surface area contributed by atoms with Crippen LogP contribution in [0.1, 0.15) is 22.3 Å². The number of aryl methyl sites for hydroxylation is 1. The maximum atomic E-state index is 12.8. The van der Waals surface area contributed by atoms with Gasteiger partial charge in [0, 0.05) is 34.0 Å². The first-order valence-corrected chi connectivity index (χ1v) is 12.3. The molecule has 0 aliphatic rings. The van der Waals surface area contributed by atoms with Crippen molar-refractivity contribution in [3.8, 4) is 5.75 Å². The average Bonchev–Trinajstić information content (AvgIpc) is 2.93. The number of ether oxygens (including phenoxy) is 1. The molecular weight excluding hydrogens is 484 g/mol. The Morgan fingerprint density at radius 2 is 1.62 bits per heavy atom. The Morgan fingerprint density at radius 3 is 2.35 bits per heavy atom. The van der Waals surface area contributed by atoms with Gasteiger partial charge in [-0.2, -0.15) is 5.10 Å². The summed E-state index contributed by atoms with van der Waals surface area (Å²) in [6, 6.07) is 32.6. The third-order valence-corrected chi connectivity index (χ3v) is 6.38. The van der Waals surface area contributed by atoms with E-state index in [1.165, 1.54) is 0 Å². The smallest absolute Gasteiger partial charge is 0.340 e. The van der Waals surface area contributed by atoms with Crippen LogP contribution in [0.5, 0.6) is 5.75 Å². The van der Waals surface area contributed by atoms with Gasteiger partial charge in [-0.3, -0.25) is 5.43 Å². The van der Waals surface area contributed by atoms with Gasteiger partial charge in [0.05, 0.1) is 5.69 Å². The first kappa shape index (κ1) is 24.3. The summed E-state index contributed by atoms with van der Waals surface area (Å²) in [7, 11) is 0. The van der Waals surface area contributed by atoms with Crippen molar-refractivity contribution in [2.75, 3.05) is 12.0 Å². The number of benzene rings is 4. The van der Waals surface area contributed by atoms with Crippen LogP contribution in [-0.4, -0.2) is 12.3 Å². The molecule has 0 amide bonds. The highest BCUT2D eigenvalue weighted by Gasteiger charge is 2.13. The minimum atomic E-state index is -0.329. The van der Waals surface area contributed by atoms with E-state index in [1.807, 2.05) is 91.9 Å². The molecule has 0 saturated heterocycles. The van der Waals surface area contributed by atoms with Gasteiger partial charge < -0.3 is 9.15 Å². The van der Waals surface area contributed by atoms with Crippen molar-refractivity contribution < 1.29 is 9.15 Å². The third-order valence-electron chi connectivity index (χ3n) is 6.13. The molecule has 5 nitrogen and oxygen atoms in total. The van der Waals surface area contributed by atoms with Crippen LogP contribution in [0.4, 0.5) is 5.69 Å². The Kier molecular flexibility index (Phi) is 7.33. The number of hydrogen-bond acceptors (Lipinski definition) is 5. The van der Waals surface area contributed by atoms with Gasteiger partial charge in [-0.1, -0.05) is 72.3 Å². The maximum absolute atomic E-state index is 12.8. The number of nitrogens with one attached hydrogen (secondary N) is 1. The summed E-state index contributed by atoms with van der Waals surface area (Å²) >= 11 is 5.98. The third kappa shape index (κ3) is 5.90. The molecule has 1 aromatic heterocycles. The predicted octanol–water partition coefficient (Wildman–Crippen LogP) is 7.24. The van der Waals surface area contributed by atoms with Crippen LogP contribution in [0.25, 0.3) is 11.0 Å². The van der Waals surface area contributed by atoms with E-state index in [0.29, 0.717) is 34.1 Å². The number of halogens is 1. The first-order chi connectivity index (χ1) is 18.1. The number of nitrogens with zero attached hydrogens (tertiary/aromatic N) is 1. The van der Waals surface area contributed by atoms with Crippen molar-refractivity contribution in [2.24, 2.45) is 5.10 Å². The molecule has 0 spiro atoms. The Labute approximate surface area is 220 Å². The molecule has 0 atom stereocenters. The topological polar surface area (TPSA) is 63.8 Å². The zero-order chi connectivity index (χ0) is 25.6. The largest absolute Gasteiger partial charge is 0.487 e. The molecule has 0 radical (unpaired) electrons. The van der Waals surface area contributed by atoms with E-state index in [4.69, 9.17) is 20.8 Å². The number of rotatable bonds is 8. The van der Waals surface area contributed by atoms with Crippen molar-refractivity contribution in [3.05, 3.63) is 141 Å². The predicted molar refractivity (Wildman–Crippen MR) is 150 cm³/mol. The van der Waals surface area contributed by atoms with E-state index in [0.717, 1.165) is 27.8 Å². The average molecular weight is 509 g/mol. The lowest BCUT2D eigenvalue weighted by atomic mass is 10.00. The molecule has 5 aromatic rings. The maximum Gasteiger partial charge on any atom is 0.340 e. The molecule has 0 unspecified atom stereocenters. The summed E-state index contributed by atoms with van der Waals surface area (Å²) in [4.78, 5) is 12.8. The van der Waals surface area contributed by atoms with Crippen molar-refractivity contribution in [2.45, 2.75) is 13.3 Å². The molecule has 37 heavy (non-hydrogen) atoms. The molecule has 5 rings (SSSR count). The molecule has 1 N–H and O–H groups in total. The first-order valence-electron chi connectivity index (χ1n) is 11.9. The van der Waals surface area contributed by atoms with E-state index < -0.39 is 0 Å². The van der Waals surface area contributed by atoms with Crippen LogP contribution in [0.15, 0.2) is 117 Å². The normalized spacial score (nSPS) is 11.5. The molecule has 0 saturated carbocycles. The van der Waals surface area contributed by atoms with Gasteiger partial charge in [-0.15, -0.1) is 0 Å². The molecule has 184 valence electrons. The van der Waals surface area contributed by atoms with Gasteiger partial charge in [0.25, 0.3) is 0 Å². The van der Waals surface area contributed by atoms with Gasteiger partial charge >= 0.3 is 5.63 Å². The highest BCUT2D eigenvalue weighted by Crippen LogP contribution is 2.25. The van der Waals surface area contributed by atoms with Gasteiger partial charge in [0.2, 0.25) is 0 Å². The summed E-state index contributed by atoms with van der Waals surface area (Å²) in [6.07, 6.45) is 0.528. The minimum absolute atomic E-state index is 0.214. The second-order valence-electron chi connectivity index (χ2n) is 8.65. The Balaban J connectivity index is 1.38. The summed E-state index contributed by atoms with van der Waals surface area (Å²) in [6.45, 7) is 2.17. The van der Waals surface area contributed by atoms with Crippen molar-refractivity contribution in [1.29, 1.82) is 0 Å². The summed E-state index contributed by atoms with van der Waals surface area (Å²) in [5, 5.41) is 6.12. The highest BCUT2D eigenvalue weighted by atomic mass is 35.5. The lowest BCUT2D eigenvalue weighted by Gasteiger charge is -2.12. The Morgan fingerprint density at radius 1 is 0.919 bits per heavy atom. The second-order valence-corrected chi connectivity index (χ2v) is 9.08. The zero-order valence-electron chi connectivity index (χ0n) is 20.3. The number of anilines is 1. The van der Waals surface area contributed by atoms with E-state index in [9.17, 15) is 4.79 Å². The standard InChI is InChI=1S/C31H25ClN2O3/c1-21-27-17-16-26(19-30(27)37-31(35)28(21)18-22-8-4-2-5-9-22)36-20-29(23-10-6-3-7-11-23)34-33-25-14-12-24(32)13-15-25/h2-17,19,33H,18,20H2,1H3/b34-29-. The second kappa shape index (κ2) is 11.1. The van der Waals surface area contributed by atoms with Crippen LogP contribution < -0.4 is 15.8 Å². The summed E-state index contributed by atoms with van der Waals surface area (Å²) < 4.78 is 11.8. The fourth-order valence-corrected chi connectivity index (χ4v) is 4.21. The van der Waals surface area contributed by atoms with Crippen molar-refractivity contribution >= 4 is 34.0 Å². The molecule has 0 aliphatic carbocycles. The molecule has 4 aromatic carbocycles. The quantitative estimate of drug-likeness (QED) is 0.136. The molecule has 1 heterocycles. The Bertz CT molecular complexity index is 1600. The lowest BCUT2D eigenvalue weighted by Crippen LogP contribution is -2.15. The highest BCUT2D eigenvalue weighted by molar-refractivity contribution is 6.30. The molecule has 6 heteroatoms.